The van der Waals surface area contributed by atoms with E-state index in [1.54, 1.807) is 6.20 Å². The smallest absolute Gasteiger partial charge is 0.243 e. The van der Waals surface area contributed by atoms with Crippen LogP contribution < -0.4 is 21.1 Å². The third-order valence-corrected chi connectivity index (χ3v) is 4.58. The first-order valence-corrected chi connectivity index (χ1v) is 9.81. The second kappa shape index (κ2) is 8.49. The van der Waals surface area contributed by atoms with Crippen molar-refractivity contribution in [3.05, 3.63) is 71.9 Å². The number of nitrogen functional groups attached to an aromatic ring is 1. The number of pyridine rings is 1. The first kappa shape index (κ1) is 20.6. The van der Waals surface area contributed by atoms with Crippen molar-refractivity contribution in [2.75, 3.05) is 16.4 Å². The molecule has 0 aliphatic heterocycles. The van der Waals surface area contributed by atoms with Gasteiger partial charge in [-0.2, -0.15) is 0 Å². The molecule has 0 atom stereocenters. The molecule has 0 aliphatic carbocycles. The van der Waals surface area contributed by atoms with Gasteiger partial charge in [-0.1, -0.05) is 45.0 Å². The van der Waals surface area contributed by atoms with Gasteiger partial charge in [0.2, 0.25) is 5.88 Å². The number of nitrogens with two attached hydrogens (primary N) is 1. The van der Waals surface area contributed by atoms with Crippen LogP contribution in [0.15, 0.2) is 60.8 Å². The van der Waals surface area contributed by atoms with Crippen LogP contribution in [-0.4, -0.2) is 10.1 Å². The molecule has 0 saturated heterocycles. The fourth-order valence-corrected chi connectivity index (χ4v) is 3.14. The first-order chi connectivity index (χ1) is 13.7. The number of anilines is 3. The second-order valence-electron chi connectivity index (χ2n) is 7.87. The second-order valence-corrected chi connectivity index (χ2v) is 8.28. The number of nitrogens with zero attached hydrogens (tertiary/aromatic N) is 1. The number of ether oxygens (including phenoxy) is 1. The van der Waals surface area contributed by atoms with Gasteiger partial charge in [-0.3, -0.25) is 0 Å². The summed E-state index contributed by atoms with van der Waals surface area (Å²) in [6.45, 7) is 8.44. The lowest BCUT2D eigenvalue weighted by molar-refractivity contribution is 0.442. The Labute approximate surface area is 177 Å². The van der Waals surface area contributed by atoms with Gasteiger partial charge in [0.1, 0.15) is 11.4 Å². The van der Waals surface area contributed by atoms with Crippen LogP contribution >= 0.6 is 12.2 Å². The number of aryl methyl sites for hydroxylation is 1. The lowest BCUT2D eigenvalue weighted by Crippen LogP contribution is -2.20. The van der Waals surface area contributed by atoms with E-state index in [-0.39, 0.29) is 5.41 Å². The van der Waals surface area contributed by atoms with E-state index >= 15 is 0 Å². The zero-order chi connectivity index (χ0) is 21.0. The molecule has 6 heteroatoms. The molecule has 0 unspecified atom stereocenters. The Morgan fingerprint density at radius 1 is 1.00 bits per heavy atom. The van der Waals surface area contributed by atoms with E-state index in [4.69, 9.17) is 22.7 Å². The van der Waals surface area contributed by atoms with Crippen molar-refractivity contribution >= 4 is 34.4 Å². The number of hydrogen-bond donors (Lipinski definition) is 3. The van der Waals surface area contributed by atoms with E-state index in [1.165, 1.54) is 0 Å². The van der Waals surface area contributed by atoms with E-state index in [0.29, 0.717) is 22.4 Å². The third-order valence-electron chi connectivity index (χ3n) is 4.38. The van der Waals surface area contributed by atoms with Gasteiger partial charge in [-0.05, 0) is 60.5 Å². The standard InChI is InChI=1S/C23H26N4OS/c1-15-11-12-18(17(24)14-15)26-22(29)27-19-9-7-13-25-21(19)28-20-10-6-5-8-16(20)23(2,3)4/h5-14H,24H2,1-4H3,(H2,26,27,29). The Hall–Kier alpha value is -3.12. The van der Waals surface area contributed by atoms with Crippen LogP contribution in [0.5, 0.6) is 11.6 Å². The largest absolute Gasteiger partial charge is 0.437 e. The number of benzene rings is 2. The van der Waals surface area contributed by atoms with Crippen LogP contribution in [-0.2, 0) is 5.41 Å². The number of rotatable bonds is 4. The zero-order valence-electron chi connectivity index (χ0n) is 17.1. The van der Waals surface area contributed by atoms with E-state index in [9.17, 15) is 0 Å². The topological polar surface area (TPSA) is 72.2 Å². The summed E-state index contributed by atoms with van der Waals surface area (Å²) in [4.78, 5) is 4.39. The molecule has 0 amide bonds. The van der Waals surface area contributed by atoms with E-state index in [2.05, 4.69) is 42.5 Å². The van der Waals surface area contributed by atoms with Crippen LogP contribution in [0.3, 0.4) is 0 Å². The maximum Gasteiger partial charge on any atom is 0.243 e. The number of thiocarbonyl (C=S) groups is 1. The first-order valence-electron chi connectivity index (χ1n) is 9.40. The highest BCUT2D eigenvalue weighted by Gasteiger charge is 2.20. The Balaban J connectivity index is 1.80. The van der Waals surface area contributed by atoms with Crippen molar-refractivity contribution in [2.45, 2.75) is 33.1 Å². The number of aromatic nitrogens is 1. The maximum absolute atomic E-state index is 6.17. The monoisotopic (exact) mass is 406 g/mol. The molecule has 0 saturated carbocycles. The van der Waals surface area contributed by atoms with Crippen molar-refractivity contribution in [3.63, 3.8) is 0 Å². The lowest BCUT2D eigenvalue weighted by atomic mass is 9.86. The highest BCUT2D eigenvalue weighted by atomic mass is 32.1. The molecule has 0 spiro atoms. The van der Waals surface area contributed by atoms with Crippen molar-refractivity contribution in [1.29, 1.82) is 0 Å². The van der Waals surface area contributed by atoms with Gasteiger partial charge >= 0.3 is 0 Å². The molecule has 29 heavy (non-hydrogen) atoms. The number of nitrogens with one attached hydrogen (secondary N) is 2. The zero-order valence-corrected chi connectivity index (χ0v) is 17.9. The van der Waals surface area contributed by atoms with Crippen molar-refractivity contribution in [1.82, 2.24) is 4.98 Å². The van der Waals surface area contributed by atoms with Gasteiger partial charge in [-0.25, -0.2) is 4.98 Å². The molecule has 2 aromatic carbocycles. The molecule has 1 aromatic heterocycles. The summed E-state index contributed by atoms with van der Waals surface area (Å²) in [6.07, 6.45) is 1.69. The van der Waals surface area contributed by atoms with E-state index in [0.717, 1.165) is 22.6 Å². The van der Waals surface area contributed by atoms with Crippen LogP contribution in [0.2, 0.25) is 0 Å². The molecule has 4 N–H and O–H groups in total. The van der Waals surface area contributed by atoms with Gasteiger partial charge in [-0.15, -0.1) is 0 Å². The molecule has 150 valence electrons. The molecule has 0 radical (unpaired) electrons. The van der Waals surface area contributed by atoms with E-state index < -0.39 is 0 Å². The molecule has 0 bridgehead atoms. The third kappa shape index (κ3) is 5.23. The molecular formula is C23H26N4OS. The van der Waals surface area contributed by atoms with Gasteiger partial charge < -0.3 is 21.1 Å². The van der Waals surface area contributed by atoms with Gasteiger partial charge in [0.15, 0.2) is 5.11 Å². The van der Waals surface area contributed by atoms with Crippen LogP contribution in [0, 0.1) is 6.92 Å². The predicted octanol–water partition coefficient (Wildman–Crippen LogP) is 5.87. The molecule has 1 heterocycles. The Bertz CT molecular complexity index is 1030. The average Bonchev–Trinajstić information content (AvgIpc) is 2.65. The number of hydrogen-bond acceptors (Lipinski definition) is 4. The summed E-state index contributed by atoms with van der Waals surface area (Å²) in [5, 5.41) is 6.69. The van der Waals surface area contributed by atoms with Crippen molar-refractivity contribution < 1.29 is 4.74 Å². The minimum atomic E-state index is -0.0568. The summed E-state index contributed by atoms with van der Waals surface area (Å²) >= 11 is 5.46. The lowest BCUT2D eigenvalue weighted by Gasteiger charge is -2.23. The summed E-state index contributed by atoms with van der Waals surface area (Å²) in [6, 6.07) is 17.4. The van der Waals surface area contributed by atoms with E-state index in [1.807, 2.05) is 55.5 Å². The molecule has 3 rings (SSSR count). The SMILES string of the molecule is Cc1ccc(NC(=S)Nc2cccnc2Oc2ccccc2C(C)(C)C)c(N)c1. The van der Waals surface area contributed by atoms with Crippen LogP contribution in [0.4, 0.5) is 17.1 Å². The number of para-hydroxylation sites is 1. The quantitative estimate of drug-likeness (QED) is 0.372. The fourth-order valence-electron chi connectivity index (χ4n) is 2.92. The van der Waals surface area contributed by atoms with Gasteiger partial charge in [0, 0.05) is 11.8 Å². The predicted molar refractivity (Wildman–Crippen MR) is 125 cm³/mol. The molecule has 5 nitrogen and oxygen atoms in total. The van der Waals surface area contributed by atoms with Crippen molar-refractivity contribution in [3.8, 4) is 11.6 Å². The Kier molecular flexibility index (Phi) is 6.03. The highest BCUT2D eigenvalue weighted by molar-refractivity contribution is 7.80. The molecule has 0 aliphatic rings. The minimum Gasteiger partial charge on any atom is -0.437 e. The normalized spacial score (nSPS) is 11.0. The summed E-state index contributed by atoms with van der Waals surface area (Å²) < 4.78 is 6.17. The average molecular weight is 407 g/mol. The summed E-state index contributed by atoms with van der Waals surface area (Å²) in [7, 11) is 0. The van der Waals surface area contributed by atoms with Crippen molar-refractivity contribution in [2.24, 2.45) is 0 Å². The molecule has 3 aromatic rings. The Morgan fingerprint density at radius 2 is 1.72 bits per heavy atom. The summed E-state index contributed by atoms with van der Waals surface area (Å²) in [5.74, 6) is 1.22. The molecular weight excluding hydrogens is 380 g/mol. The fraction of sp³-hybridized carbons (Fsp3) is 0.217. The summed E-state index contributed by atoms with van der Waals surface area (Å²) in [5.41, 5.74) is 10.2. The highest BCUT2D eigenvalue weighted by Crippen LogP contribution is 2.35. The maximum atomic E-state index is 6.17. The minimum absolute atomic E-state index is 0.0568. The van der Waals surface area contributed by atoms with Gasteiger partial charge in [0.05, 0.1) is 11.4 Å². The van der Waals surface area contributed by atoms with Crippen LogP contribution in [0.1, 0.15) is 31.9 Å². The molecule has 0 fully saturated rings. The van der Waals surface area contributed by atoms with Gasteiger partial charge in [0.25, 0.3) is 0 Å². The van der Waals surface area contributed by atoms with Crippen LogP contribution in [0.25, 0.3) is 0 Å². The Morgan fingerprint density at radius 3 is 2.45 bits per heavy atom.